The van der Waals surface area contributed by atoms with Crippen molar-refractivity contribution in [1.82, 2.24) is 5.32 Å². The zero-order valence-corrected chi connectivity index (χ0v) is 5.54. The molecule has 0 aliphatic carbocycles. The predicted octanol–water partition coefficient (Wildman–Crippen LogP) is -1.77. The van der Waals surface area contributed by atoms with Crippen LogP contribution in [0.5, 0.6) is 0 Å². The number of hydrogen-bond acceptors (Lipinski definition) is 4. The van der Waals surface area contributed by atoms with Crippen LogP contribution in [0.25, 0.3) is 0 Å². The minimum Gasteiger partial charge on any atom is -0.392 e. The van der Waals surface area contributed by atoms with Gasteiger partial charge in [-0.1, -0.05) is 0 Å². The molecule has 0 rings (SSSR count). The zero-order chi connectivity index (χ0) is 7.28. The van der Waals surface area contributed by atoms with E-state index in [9.17, 15) is 0 Å². The van der Waals surface area contributed by atoms with Gasteiger partial charge in [0.05, 0.1) is 6.10 Å². The molecule has 0 aromatic carbocycles. The van der Waals surface area contributed by atoms with Crippen molar-refractivity contribution in [3.8, 4) is 0 Å². The van der Waals surface area contributed by atoms with E-state index in [4.69, 9.17) is 15.9 Å². The van der Waals surface area contributed by atoms with Crippen LogP contribution in [-0.2, 0) is 0 Å². The van der Waals surface area contributed by atoms with E-state index >= 15 is 0 Å². The van der Waals surface area contributed by atoms with Gasteiger partial charge in [0.15, 0.2) is 0 Å². The van der Waals surface area contributed by atoms with Gasteiger partial charge in [0.1, 0.15) is 6.23 Å². The first-order chi connectivity index (χ1) is 4.16. The quantitative estimate of drug-likeness (QED) is 0.343. The molecule has 0 saturated carbocycles. The Bertz CT molecular complexity index is 68.0. The Labute approximate surface area is 54.7 Å². The fourth-order valence-corrected chi connectivity index (χ4v) is 0.390. The second kappa shape index (κ2) is 4.69. The van der Waals surface area contributed by atoms with Crippen molar-refractivity contribution in [2.45, 2.75) is 19.3 Å². The fourth-order valence-electron chi connectivity index (χ4n) is 0.390. The lowest BCUT2D eigenvalue weighted by Crippen LogP contribution is -2.39. The summed E-state index contributed by atoms with van der Waals surface area (Å²) in [6, 6.07) is 0. The molecule has 0 saturated heterocycles. The molecular weight excluding hydrogens is 120 g/mol. The lowest BCUT2D eigenvalue weighted by Gasteiger charge is -2.10. The van der Waals surface area contributed by atoms with Crippen LogP contribution < -0.4 is 11.1 Å². The van der Waals surface area contributed by atoms with E-state index in [1.807, 2.05) is 0 Å². The second-order valence-corrected chi connectivity index (χ2v) is 2.01. The number of nitrogens with one attached hydrogen (secondary N) is 1. The Hall–Kier alpha value is -0.160. The number of nitrogens with two attached hydrogens (primary N) is 1. The lowest BCUT2D eigenvalue weighted by molar-refractivity contribution is 0.114. The van der Waals surface area contributed by atoms with Gasteiger partial charge in [-0.25, -0.2) is 0 Å². The van der Waals surface area contributed by atoms with Crippen LogP contribution in [0.15, 0.2) is 0 Å². The van der Waals surface area contributed by atoms with Gasteiger partial charge in [0.2, 0.25) is 0 Å². The first-order valence-electron chi connectivity index (χ1n) is 2.96. The molecular formula is C5H14N2O2. The molecule has 0 bridgehead atoms. The molecule has 4 nitrogen and oxygen atoms in total. The van der Waals surface area contributed by atoms with Crippen LogP contribution >= 0.6 is 0 Å². The molecule has 0 aliphatic heterocycles. The van der Waals surface area contributed by atoms with Crippen LogP contribution in [0.3, 0.4) is 0 Å². The third-order valence-electron chi connectivity index (χ3n) is 0.872. The molecule has 4 heteroatoms. The van der Waals surface area contributed by atoms with Crippen molar-refractivity contribution >= 4 is 0 Å². The van der Waals surface area contributed by atoms with Crippen molar-refractivity contribution in [2.24, 2.45) is 5.73 Å². The summed E-state index contributed by atoms with van der Waals surface area (Å²) in [6.45, 7) is 2.18. The van der Waals surface area contributed by atoms with E-state index < -0.39 is 12.3 Å². The number of aliphatic hydroxyl groups excluding tert-OH is 2. The largest absolute Gasteiger partial charge is 0.392 e. The van der Waals surface area contributed by atoms with Gasteiger partial charge in [-0.2, -0.15) is 0 Å². The van der Waals surface area contributed by atoms with Crippen molar-refractivity contribution in [2.75, 3.05) is 13.1 Å². The van der Waals surface area contributed by atoms with Crippen LogP contribution in [-0.4, -0.2) is 35.6 Å². The van der Waals surface area contributed by atoms with Crippen LogP contribution in [0.2, 0.25) is 0 Å². The average molecular weight is 134 g/mol. The summed E-state index contributed by atoms with van der Waals surface area (Å²) in [4.78, 5) is 0. The van der Waals surface area contributed by atoms with Gasteiger partial charge in [0.25, 0.3) is 0 Å². The molecule has 0 aromatic heterocycles. The maximum atomic E-state index is 8.76. The highest BCUT2D eigenvalue weighted by Gasteiger charge is 1.99. The van der Waals surface area contributed by atoms with Crippen LogP contribution in [0, 0.1) is 0 Å². The topological polar surface area (TPSA) is 78.5 Å². The summed E-state index contributed by atoms with van der Waals surface area (Å²) in [7, 11) is 0. The molecule has 1 unspecified atom stereocenters. The third-order valence-corrected chi connectivity index (χ3v) is 0.872. The minimum atomic E-state index is -0.695. The maximum absolute atomic E-state index is 8.76. The molecule has 0 fully saturated rings. The highest BCUT2D eigenvalue weighted by Crippen LogP contribution is 1.76. The summed E-state index contributed by atoms with van der Waals surface area (Å²) < 4.78 is 0. The monoisotopic (exact) mass is 134 g/mol. The molecule has 0 aromatic rings. The van der Waals surface area contributed by atoms with E-state index in [1.54, 1.807) is 6.92 Å². The molecule has 0 heterocycles. The minimum absolute atomic E-state index is 0.173. The molecule has 0 aliphatic rings. The Kier molecular flexibility index (Phi) is 4.61. The molecule has 0 spiro atoms. The van der Waals surface area contributed by atoms with Gasteiger partial charge in [-0.15, -0.1) is 0 Å². The van der Waals surface area contributed by atoms with Crippen molar-refractivity contribution in [3.63, 3.8) is 0 Å². The smallest absolute Gasteiger partial charge is 0.117 e. The summed E-state index contributed by atoms with van der Waals surface area (Å²) in [5, 5.41) is 20.1. The lowest BCUT2D eigenvalue weighted by atomic mass is 10.4. The highest BCUT2D eigenvalue weighted by molar-refractivity contribution is 4.56. The van der Waals surface area contributed by atoms with E-state index in [2.05, 4.69) is 5.32 Å². The van der Waals surface area contributed by atoms with E-state index in [-0.39, 0.29) is 6.54 Å². The van der Waals surface area contributed by atoms with Crippen molar-refractivity contribution in [3.05, 3.63) is 0 Å². The van der Waals surface area contributed by atoms with Gasteiger partial charge in [-0.3, -0.25) is 5.32 Å². The maximum Gasteiger partial charge on any atom is 0.117 e. The van der Waals surface area contributed by atoms with Gasteiger partial charge in [-0.05, 0) is 6.92 Å². The number of rotatable bonds is 4. The molecule has 0 radical (unpaired) electrons. The standard InChI is InChI=1S/C5H14N2O2/c1-4(8)3-7-5(9)2-6/h4-5,7-9H,2-3,6H2,1H3/t4?,5-/m1/s1. The van der Waals surface area contributed by atoms with Crippen LogP contribution in [0.1, 0.15) is 6.92 Å². The van der Waals surface area contributed by atoms with Gasteiger partial charge in [0, 0.05) is 13.1 Å². The van der Waals surface area contributed by atoms with Gasteiger partial charge >= 0.3 is 0 Å². The molecule has 5 N–H and O–H groups in total. The Morgan fingerprint density at radius 1 is 1.56 bits per heavy atom. The predicted molar refractivity (Wildman–Crippen MR) is 34.7 cm³/mol. The Morgan fingerprint density at radius 2 is 2.11 bits per heavy atom. The van der Waals surface area contributed by atoms with Crippen molar-refractivity contribution < 1.29 is 10.2 Å². The summed E-state index contributed by atoms with van der Waals surface area (Å²) in [5.74, 6) is 0. The first kappa shape index (κ1) is 8.84. The Balaban J connectivity index is 3.06. The highest BCUT2D eigenvalue weighted by atomic mass is 16.3. The number of hydrogen-bond donors (Lipinski definition) is 4. The Morgan fingerprint density at radius 3 is 2.44 bits per heavy atom. The zero-order valence-electron chi connectivity index (χ0n) is 5.54. The third kappa shape index (κ3) is 5.72. The molecule has 56 valence electrons. The average Bonchev–Trinajstić information content (AvgIpc) is 1.83. The van der Waals surface area contributed by atoms with Crippen molar-refractivity contribution in [1.29, 1.82) is 0 Å². The summed E-state index contributed by atoms with van der Waals surface area (Å²) in [5.41, 5.74) is 5.06. The molecule has 0 amide bonds. The van der Waals surface area contributed by atoms with Gasteiger partial charge < -0.3 is 15.9 Å². The van der Waals surface area contributed by atoms with Crippen LogP contribution in [0.4, 0.5) is 0 Å². The first-order valence-corrected chi connectivity index (χ1v) is 2.96. The summed E-state index contributed by atoms with van der Waals surface area (Å²) in [6.07, 6.45) is -1.13. The molecule has 9 heavy (non-hydrogen) atoms. The number of aliphatic hydroxyl groups is 2. The van der Waals surface area contributed by atoms with E-state index in [0.29, 0.717) is 6.54 Å². The van der Waals surface area contributed by atoms with E-state index in [0.717, 1.165) is 0 Å². The second-order valence-electron chi connectivity index (χ2n) is 2.01. The fraction of sp³-hybridized carbons (Fsp3) is 1.00. The van der Waals surface area contributed by atoms with E-state index in [1.165, 1.54) is 0 Å². The normalized spacial score (nSPS) is 17.3. The molecule has 2 atom stereocenters. The SMILES string of the molecule is CC(O)CN[C@H](O)CN. The summed E-state index contributed by atoms with van der Waals surface area (Å²) >= 11 is 0.